The van der Waals surface area contributed by atoms with Crippen LogP contribution in [-0.2, 0) is 10.9 Å². The Labute approximate surface area is 149 Å². The number of rotatable bonds is 2. The standard InChI is InChI=1S/C15H7F10NO2/c16-12(14(20,21)22,15(23,24)25)11(27)8-5-28-10(8)6-1-2-7(4-26)9(3-6)13(17,18)19/h1-3,10,27H,5H2/b11-8-. The minimum atomic E-state index is -6.59. The van der Waals surface area contributed by atoms with E-state index in [0.29, 0.717) is 6.07 Å². The molecule has 154 valence electrons. The Hall–Kier alpha value is -2.49. The predicted molar refractivity (Wildman–Crippen MR) is 70.5 cm³/mol. The van der Waals surface area contributed by atoms with E-state index in [9.17, 15) is 49.0 Å². The van der Waals surface area contributed by atoms with Gasteiger partial charge in [0.1, 0.15) is 6.10 Å². The SMILES string of the molecule is N#Cc1ccc(C2OC/C2=C(/O)C(F)(C(F)(F)F)C(F)(F)F)cc1C(F)(F)F. The van der Waals surface area contributed by atoms with Crippen molar-refractivity contribution in [3.63, 3.8) is 0 Å². The minimum Gasteiger partial charge on any atom is -0.508 e. The summed E-state index contributed by atoms with van der Waals surface area (Å²) < 4.78 is 134. The molecule has 0 spiro atoms. The molecule has 1 heterocycles. The predicted octanol–water partition coefficient (Wildman–Crippen LogP) is 5.29. The Morgan fingerprint density at radius 2 is 1.54 bits per heavy atom. The van der Waals surface area contributed by atoms with Crippen LogP contribution in [0.2, 0.25) is 0 Å². The van der Waals surface area contributed by atoms with E-state index in [0.717, 1.165) is 6.07 Å². The summed E-state index contributed by atoms with van der Waals surface area (Å²) in [6.07, 6.45) is -20.2. The largest absolute Gasteiger partial charge is 0.508 e. The molecule has 1 aromatic carbocycles. The molecular formula is C15H7F10NO2. The third-order valence-corrected chi connectivity index (χ3v) is 3.91. The normalized spacial score (nSPS) is 20.4. The van der Waals surface area contributed by atoms with Gasteiger partial charge in [0.05, 0.1) is 23.8 Å². The quantitative estimate of drug-likeness (QED) is 0.520. The fraction of sp³-hybridized carbons (Fsp3) is 0.400. The molecule has 0 amide bonds. The molecule has 1 aromatic rings. The Kier molecular flexibility index (Phi) is 5.09. The van der Waals surface area contributed by atoms with Crippen molar-refractivity contribution >= 4 is 0 Å². The third-order valence-electron chi connectivity index (χ3n) is 3.91. The van der Waals surface area contributed by atoms with Gasteiger partial charge in [0.25, 0.3) is 0 Å². The van der Waals surface area contributed by atoms with Crippen LogP contribution in [0.1, 0.15) is 22.8 Å². The number of aliphatic hydroxyl groups excluding tert-OH is 1. The number of hydrogen-bond acceptors (Lipinski definition) is 3. The number of aliphatic hydroxyl groups is 1. The molecule has 1 saturated heterocycles. The Balaban J connectivity index is 2.59. The summed E-state index contributed by atoms with van der Waals surface area (Å²) in [6.45, 7) is -1.07. The van der Waals surface area contributed by atoms with Crippen molar-refractivity contribution in [3.8, 4) is 6.07 Å². The Bertz CT molecular complexity index is 830. The van der Waals surface area contributed by atoms with Crippen molar-refractivity contribution < 1.29 is 53.7 Å². The van der Waals surface area contributed by atoms with E-state index in [1.54, 1.807) is 0 Å². The fourth-order valence-electron chi connectivity index (χ4n) is 2.45. The number of allylic oxidation sites excluding steroid dienone is 1. The summed E-state index contributed by atoms with van der Waals surface area (Å²) in [7, 11) is 0. The van der Waals surface area contributed by atoms with Crippen molar-refractivity contribution in [2.75, 3.05) is 6.61 Å². The Morgan fingerprint density at radius 3 is 1.89 bits per heavy atom. The molecule has 28 heavy (non-hydrogen) atoms. The first kappa shape index (κ1) is 21.8. The van der Waals surface area contributed by atoms with Crippen LogP contribution in [0.3, 0.4) is 0 Å². The lowest BCUT2D eigenvalue weighted by molar-refractivity contribution is -0.335. The van der Waals surface area contributed by atoms with Crippen LogP contribution in [0.15, 0.2) is 29.5 Å². The average molecular weight is 423 g/mol. The summed E-state index contributed by atoms with van der Waals surface area (Å²) in [6, 6.07) is 2.87. The number of nitrogens with zero attached hydrogens (tertiary/aromatic N) is 1. The van der Waals surface area contributed by atoms with Crippen molar-refractivity contribution in [3.05, 3.63) is 46.2 Å². The number of nitriles is 1. The van der Waals surface area contributed by atoms with Crippen LogP contribution in [0, 0.1) is 11.3 Å². The van der Waals surface area contributed by atoms with Gasteiger partial charge in [-0.2, -0.15) is 44.8 Å². The highest BCUT2D eigenvalue weighted by atomic mass is 19.4. The molecule has 3 nitrogen and oxygen atoms in total. The van der Waals surface area contributed by atoms with Gasteiger partial charge in [-0.1, -0.05) is 6.07 Å². The summed E-state index contributed by atoms with van der Waals surface area (Å²) >= 11 is 0. The smallest absolute Gasteiger partial charge is 0.439 e. The molecule has 1 aliphatic rings. The van der Waals surface area contributed by atoms with Gasteiger partial charge in [0.15, 0.2) is 5.76 Å². The first-order chi connectivity index (χ1) is 12.6. The monoisotopic (exact) mass is 423 g/mol. The third kappa shape index (κ3) is 3.36. The van der Waals surface area contributed by atoms with E-state index >= 15 is 0 Å². The van der Waals surface area contributed by atoms with Crippen LogP contribution < -0.4 is 0 Å². The van der Waals surface area contributed by atoms with Gasteiger partial charge < -0.3 is 9.84 Å². The zero-order chi connectivity index (χ0) is 21.7. The first-order valence-corrected chi connectivity index (χ1v) is 7.03. The summed E-state index contributed by atoms with van der Waals surface area (Å²) in [5.41, 5.74) is -10.4. The zero-order valence-electron chi connectivity index (χ0n) is 13.1. The van der Waals surface area contributed by atoms with Crippen molar-refractivity contribution in [2.24, 2.45) is 0 Å². The molecule has 0 aromatic heterocycles. The van der Waals surface area contributed by atoms with E-state index in [1.807, 2.05) is 0 Å². The zero-order valence-corrected chi connectivity index (χ0v) is 13.1. The molecule has 0 bridgehead atoms. The van der Waals surface area contributed by atoms with Crippen molar-refractivity contribution in [1.29, 1.82) is 5.26 Å². The van der Waals surface area contributed by atoms with Crippen LogP contribution in [0.5, 0.6) is 0 Å². The number of benzene rings is 1. The van der Waals surface area contributed by atoms with Crippen LogP contribution in [0.4, 0.5) is 43.9 Å². The van der Waals surface area contributed by atoms with Gasteiger partial charge in [-0.25, -0.2) is 4.39 Å². The molecule has 1 unspecified atom stereocenters. The lowest BCUT2D eigenvalue weighted by atomic mass is 9.88. The van der Waals surface area contributed by atoms with Gasteiger partial charge in [0.2, 0.25) is 0 Å². The van der Waals surface area contributed by atoms with Gasteiger partial charge in [-0.05, 0) is 17.7 Å². The van der Waals surface area contributed by atoms with E-state index in [1.165, 1.54) is 6.07 Å². The second-order valence-electron chi connectivity index (χ2n) is 5.63. The maximum absolute atomic E-state index is 13.9. The molecule has 13 heteroatoms. The molecule has 2 rings (SSSR count). The van der Waals surface area contributed by atoms with Gasteiger partial charge in [0, 0.05) is 5.57 Å². The summed E-state index contributed by atoms with van der Waals surface area (Å²) in [4.78, 5) is 0. The van der Waals surface area contributed by atoms with E-state index in [4.69, 9.17) is 5.26 Å². The molecule has 0 radical (unpaired) electrons. The number of ether oxygens (including phenoxy) is 1. The average Bonchev–Trinajstić information content (AvgIpc) is 2.49. The highest BCUT2D eigenvalue weighted by molar-refractivity contribution is 5.45. The molecular weight excluding hydrogens is 416 g/mol. The second kappa shape index (κ2) is 6.54. The highest BCUT2D eigenvalue weighted by Crippen LogP contribution is 2.53. The van der Waals surface area contributed by atoms with Crippen molar-refractivity contribution in [1.82, 2.24) is 0 Å². The Morgan fingerprint density at radius 1 is 1.00 bits per heavy atom. The number of halogens is 10. The highest BCUT2D eigenvalue weighted by Gasteiger charge is 2.76. The second-order valence-corrected chi connectivity index (χ2v) is 5.63. The van der Waals surface area contributed by atoms with E-state index in [-0.39, 0.29) is 6.07 Å². The fourth-order valence-corrected chi connectivity index (χ4v) is 2.45. The van der Waals surface area contributed by atoms with Crippen LogP contribution >= 0.6 is 0 Å². The summed E-state index contributed by atoms with van der Waals surface area (Å²) in [5, 5.41) is 18.1. The van der Waals surface area contributed by atoms with Gasteiger partial charge in [-0.3, -0.25) is 0 Å². The first-order valence-electron chi connectivity index (χ1n) is 7.03. The van der Waals surface area contributed by atoms with Gasteiger partial charge >= 0.3 is 24.2 Å². The maximum atomic E-state index is 13.9. The lowest BCUT2D eigenvalue weighted by Crippen LogP contribution is -2.55. The molecule has 1 atom stereocenters. The van der Waals surface area contributed by atoms with Gasteiger partial charge in [-0.15, -0.1) is 0 Å². The minimum absolute atomic E-state index is 0.261. The number of hydrogen-bond donors (Lipinski definition) is 1. The number of alkyl halides is 10. The maximum Gasteiger partial charge on any atom is 0.439 e. The van der Waals surface area contributed by atoms with Crippen LogP contribution in [0.25, 0.3) is 0 Å². The van der Waals surface area contributed by atoms with Crippen LogP contribution in [-0.4, -0.2) is 29.7 Å². The topological polar surface area (TPSA) is 53.2 Å². The lowest BCUT2D eigenvalue weighted by Gasteiger charge is -2.37. The molecule has 0 saturated carbocycles. The van der Waals surface area contributed by atoms with E-state index in [2.05, 4.69) is 4.74 Å². The molecule has 0 aliphatic carbocycles. The van der Waals surface area contributed by atoms with E-state index < -0.39 is 64.9 Å². The van der Waals surface area contributed by atoms with Crippen molar-refractivity contribution in [2.45, 2.75) is 30.3 Å². The molecule has 1 N–H and O–H groups in total. The summed E-state index contributed by atoms with van der Waals surface area (Å²) in [5.74, 6) is -2.75. The molecule has 1 aliphatic heterocycles. The molecule has 1 fully saturated rings.